The number of esters is 1. The molecule has 0 saturated carbocycles. The number of rotatable bonds is 6. The van der Waals surface area contributed by atoms with Crippen molar-refractivity contribution in [2.45, 2.75) is 18.4 Å². The van der Waals surface area contributed by atoms with E-state index in [9.17, 15) is 4.79 Å². The highest BCUT2D eigenvalue weighted by molar-refractivity contribution is 7.99. The van der Waals surface area contributed by atoms with E-state index >= 15 is 0 Å². The molecule has 1 saturated heterocycles. The van der Waals surface area contributed by atoms with E-state index in [-0.39, 0.29) is 11.9 Å². The molecule has 1 aliphatic rings. The second kappa shape index (κ2) is 8.07. The molecule has 0 unspecified atom stereocenters. The highest BCUT2D eigenvalue weighted by Gasteiger charge is 2.49. The predicted octanol–water partition coefficient (Wildman–Crippen LogP) is 4.09. The lowest BCUT2D eigenvalue weighted by atomic mass is 9.81. The summed E-state index contributed by atoms with van der Waals surface area (Å²) in [6, 6.07) is 20.8. The molecule has 1 heterocycles. The molecule has 1 aliphatic heterocycles. The van der Waals surface area contributed by atoms with Gasteiger partial charge in [0.1, 0.15) is 0 Å². The van der Waals surface area contributed by atoms with Gasteiger partial charge in [-0.25, -0.2) is 0 Å². The first kappa shape index (κ1) is 18.0. The first-order valence-electron chi connectivity index (χ1n) is 8.64. The number of carbonyl (C=O) groups excluding carboxylic acids is 1. The zero-order chi connectivity index (χ0) is 17.7. The van der Waals surface area contributed by atoms with Crippen LogP contribution in [0.25, 0.3) is 0 Å². The Labute approximate surface area is 154 Å². The van der Waals surface area contributed by atoms with Crippen molar-refractivity contribution in [1.29, 1.82) is 0 Å². The minimum absolute atomic E-state index is 0.0956. The third-order valence-electron chi connectivity index (χ3n) is 5.03. The zero-order valence-electron chi connectivity index (χ0n) is 14.9. The van der Waals surface area contributed by atoms with Crippen LogP contribution in [0.4, 0.5) is 0 Å². The van der Waals surface area contributed by atoms with Gasteiger partial charge in [0.25, 0.3) is 0 Å². The van der Waals surface area contributed by atoms with Gasteiger partial charge in [0, 0.05) is 30.3 Å². The molecule has 4 heteroatoms. The molecule has 0 aliphatic carbocycles. The number of ether oxygens (including phenoxy) is 1. The van der Waals surface area contributed by atoms with Crippen LogP contribution in [-0.4, -0.2) is 36.8 Å². The molecule has 0 spiro atoms. The average Bonchev–Trinajstić information content (AvgIpc) is 2.97. The van der Waals surface area contributed by atoms with Crippen molar-refractivity contribution < 1.29 is 9.53 Å². The van der Waals surface area contributed by atoms with Crippen LogP contribution in [0.15, 0.2) is 65.6 Å². The first-order valence-corrected chi connectivity index (χ1v) is 9.63. The van der Waals surface area contributed by atoms with Crippen LogP contribution in [0.2, 0.25) is 0 Å². The van der Waals surface area contributed by atoms with Crippen LogP contribution in [-0.2, 0) is 16.1 Å². The lowest BCUT2D eigenvalue weighted by Gasteiger charge is -2.27. The topological polar surface area (TPSA) is 29.5 Å². The van der Waals surface area contributed by atoms with E-state index < -0.39 is 5.41 Å². The molecular weight excluding hydrogens is 330 g/mol. The highest BCUT2D eigenvalue weighted by atomic mass is 32.2. The number of benzene rings is 2. The quantitative estimate of drug-likeness (QED) is 0.577. The summed E-state index contributed by atoms with van der Waals surface area (Å²) in [5.41, 5.74) is 0.830. The molecular formula is C21H25NO2S. The summed E-state index contributed by atoms with van der Waals surface area (Å²) >= 11 is 1.82. The molecule has 0 bridgehead atoms. The standard InChI is InChI=1S/C21H25NO2S/c1-21(20(23)24-2)16-22(13-17-9-5-3-6-10-17)14-18(21)15-25-19-11-7-4-8-12-19/h3-12,18H,13-16H2,1-2H3/t18-,21+/m0/s1. The van der Waals surface area contributed by atoms with Crippen molar-refractivity contribution in [1.82, 2.24) is 4.90 Å². The monoisotopic (exact) mass is 355 g/mol. The molecule has 25 heavy (non-hydrogen) atoms. The summed E-state index contributed by atoms with van der Waals surface area (Å²) in [7, 11) is 1.49. The first-order chi connectivity index (χ1) is 12.1. The Morgan fingerprint density at radius 1 is 1.16 bits per heavy atom. The third-order valence-corrected chi connectivity index (χ3v) is 6.20. The number of likely N-dealkylation sites (tertiary alicyclic amines) is 1. The van der Waals surface area contributed by atoms with Gasteiger partial charge in [-0.1, -0.05) is 48.5 Å². The minimum Gasteiger partial charge on any atom is -0.469 e. The molecule has 132 valence electrons. The molecule has 1 fully saturated rings. The fraction of sp³-hybridized carbons (Fsp3) is 0.381. The van der Waals surface area contributed by atoms with Gasteiger partial charge in [0.2, 0.25) is 0 Å². The van der Waals surface area contributed by atoms with Gasteiger partial charge in [-0.15, -0.1) is 11.8 Å². The molecule has 0 aromatic heterocycles. The summed E-state index contributed by atoms with van der Waals surface area (Å²) in [6.45, 7) is 4.59. The van der Waals surface area contributed by atoms with Crippen LogP contribution in [0.3, 0.4) is 0 Å². The van der Waals surface area contributed by atoms with E-state index in [1.807, 2.05) is 23.9 Å². The predicted molar refractivity (Wildman–Crippen MR) is 102 cm³/mol. The number of carbonyl (C=O) groups is 1. The fourth-order valence-corrected chi connectivity index (χ4v) is 4.76. The smallest absolute Gasteiger partial charge is 0.313 e. The minimum atomic E-state index is -0.453. The van der Waals surface area contributed by atoms with Crippen molar-refractivity contribution in [2.24, 2.45) is 11.3 Å². The Hall–Kier alpha value is -1.78. The number of thioether (sulfide) groups is 1. The number of hydrogen-bond acceptors (Lipinski definition) is 4. The van der Waals surface area contributed by atoms with Crippen LogP contribution < -0.4 is 0 Å². The van der Waals surface area contributed by atoms with Crippen molar-refractivity contribution >= 4 is 17.7 Å². The molecule has 3 rings (SSSR count). The normalized spacial score (nSPS) is 23.5. The lowest BCUT2D eigenvalue weighted by molar-refractivity contribution is -0.152. The molecule has 2 aromatic carbocycles. The van der Waals surface area contributed by atoms with Gasteiger partial charge in [-0.05, 0) is 30.5 Å². The maximum absolute atomic E-state index is 12.5. The Bertz CT molecular complexity index is 692. The molecule has 0 radical (unpaired) electrons. The summed E-state index contributed by atoms with van der Waals surface area (Å²) in [5, 5.41) is 0. The molecule has 2 atom stereocenters. The number of hydrogen-bond donors (Lipinski definition) is 0. The second-order valence-corrected chi connectivity index (χ2v) is 7.98. The summed E-state index contributed by atoms with van der Waals surface area (Å²) in [5.74, 6) is 1.09. The van der Waals surface area contributed by atoms with Crippen molar-refractivity contribution in [2.75, 3.05) is 26.0 Å². The number of methoxy groups -OCH3 is 1. The Balaban J connectivity index is 1.70. The van der Waals surface area contributed by atoms with Crippen molar-refractivity contribution in [3.8, 4) is 0 Å². The van der Waals surface area contributed by atoms with Gasteiger partial charge in [-0.3, -0.25) is 9.69 Å². The molecule has 0 N–H and O–H groups in total. The zero-order valence-corrected chi connectivity index (χ0v) is 15.7. The van der Waals surface area contributed by atoms with Gasteiger partial charge in [0.05, 0.1) is 12.5 Å². The fourth-order valence-electron chi connectivity index (χ4n) is 3.55. The van der Waals surface area contributed by atoms with Gasteiger partial charge in [-0.2, -0.15) is 0 Å². The maximum Gasteiger partial charge on any atom is 0.313 e. The Morgan fingerprint density at radius 3 is 2.44 bits per heavy atom. The lowest BCUT2D eigenvalue weighted by Crippen LogP contribution is -2.38. The van der Waals surface area contributed by atoms with E-state index in [1.165, 1.54) is 17.6 Å². The third kappa shape index (κ3) is 4.25. The van der Waals surface area contributed by atoms with Gasteiger partial charge < -0.3 is 4.74 Å². The average molecular weight is 356 g/mol. The van der Waals surface area contributed by atoms with E-state index in [0.29, 0.717) is 0 Å². The van der Waals surface area contributed by atoms with E-state index in [0.717, 1.165) is 25.4 Å². The summed E-state index contributed by atoms with van der Waals surface area (Å²) in [6.07, 6.45) is 0. The van der Waals surface area contributed by atoms with Crippen LogP contribution in [0, 0.1) is 11.3 Å². The van der Waals surface area contributed by atoms with Gasteiger partial charge >= 0.3 is 5.97 Å². The van der Waals surface area contributed by atoms with E-state index in [1.54, 1.807) is 0 Å². The van der Waals surface area contributed by atoms with Crippen molar-refractivity contribution in [3.63, 3.8) is 0 Å². The molecule has 2 aromatic rings. The van der Waals surface area contributed by atoms with Crippen LogP contribution in [0.5, 0.6) is 0 Å². The molecule has 3 nitrogen and oxygen atoms in total. The Kier molecular flexibility index (Phi) is 5.82. The van der Waals surface area contributed by atoms with E-state index in [2.05, 4.69) is 60.4 Å². The van der Waals surface area contributed by atoms with Crippen LogP contribution in [0.1, 0.15) is 12.5 Å². The van der Waals surface area contributed by atoms with Gasteiger partial charge in [0.15, 0.2) is 0 Å². The number of nitrogens with zero attached hydrogens (tertiary/aromatic N) is 1. The summed E-state index contributed by atoms with van der Waals surface area (Å²) in [4.78, 5) is 16.1. The molecule has 0 amide bonds. The highest BCUT2D eigenvalue weighted by Crippen LogP contribution is 2.40. The summed E-state index contributed by atoms with van der Waals surface area (Å²) < 4.78 is 5.14. The van der Waals surface area contributed by atoms with Crippen molar-refractivity contribution in [3.05, 3.63) is 66.2 Å². The Morgan fingerprint density at radius 2 is 1.80 bits per heavy atom. The maximum atomic E-state index is 12.5. The largest absolute Gasteiger partial charge is 0.469 e. The van der Waals surface area contributed by atoms with E-state index in [4.69, 9.17) is 4.74 Å². The van der Waals surface area contributed by atoms with Crippen LogP contribution >= 0.6 is 11.8 Å². The second-order valence-electron chi connectivity index (χ2n) is 6.89. The SMILES string of the molecule is COC(=O)[C@]1(C)CN(Cc2ccccc2)C[C@H]1CSc1ccccc1.